The van der Waals surface area contributed by atoms with Crippen LogP contribution in [0.3, 0.4) is 0 Å². The number of benzene rings is 1. The molecule has 3 heterocycles. The van der Waals surface area contributed by atoms with E-state index in [1.165, 1.54) is 24.0 Å². The summed E-state index contributed by atoms with van der Waals surface area (Å²) in [4.78, 5) is 6.78. The predicted molar refractivity (Wildman–Crippen MR) is 79.2 cm³/mol. The Balaban J connectivity index is 1.53. The van der Waals surface area contributed by atoms with Gasteiger partial charge in [0.05, 0.1) is 0 Å². The minimum Gasteiger partial charge on any atom is -0.454 e. The van der Waals surface area contributed by atoms with Gasteiger partial charge < -0.3 is 9.47 Å². The molecule has 0 N–H and O–H groups in total. The van der Waals surface area contributed by atoms with Gasteiger partial charge in [-0.25, -0.2) is 0 Å². The number of aromatic nitrogens is 1. The molecule has 108 valence electrons. The van der Waals surface area contributed by atoms with Crippen LogP contribution in [0.4, 0.5) is 0 Å². The van der Waals surface area contributed by atoms with Crippen molar-refractivity contribution >= 4 is 0 Å². The lowest BCUT2D eigenvalue weighted by atomic mass is 10.1. The lowest BCUT2D eigenvalue weighted by molar-refractivity contribution is 0.174. The van der Waals surface area contributed by atoms with E-state index in [1.807, 2.05) is 24.5 Å². The number of fused-ring (bicyclic) bond motifs is 1. The Hall–Kier alpha value is -2.07. The van der Waals surface area contributed by atoms with Crippen LogP contribution in [-0.2, 0) is 6.54 Å². The highest BCUT2D eigenvalue weighted by atomic mass is 16.7. The SMILES string of the molecule is c1cncc(C2CCCN2Cc2ccc3c(c2)OCO3)c1. The molecule has 21 heavy (non-hydrogen) atoms. The summed E-state index contributed by atoms with van der Waals surface area (Å²) in [5, 5.41) is 0. The highest BCUT2D eigenvalue weighted by Gasteiger charge is 2.26. The van der Waals surface area contributed by atoms with Crippen molar-refractivity contribution in [3.8, 4) is 11.5 Å². The molecule has 2 aromatic rings. The summed E-state index contributed by atoms with van der Waals surface area (Å²) in [6.45, 7) is 2.41. The van der Waals surface area contributed by atoms with Crippen LogP contribution in [-0.4, -0.2) is 23.2 Å². The Morgan fingerprint density at radius 1 is 1.19 bits per heavy atom. The topological polar surface area (TPSA) is 34.6 Å². The fourth-order valence-electron chi connectivity index (χ4n) is 3.24. The third-order valence-corrected chi connectivity index (χ3v) is 4.26. The number of nitrogens with zero attached hydrogens (tertiary/aromatic N) is 2. The molecule has 1 fully saturated rings. The molecule has 0 spiro atoms. The highest BCUT2D eigenvalue weighted by Crippen LogP contribution is 2.36. The van der Waals surface area contributed by atoms with E-state index in [2.05, 4.69) is 28.1 Å². The van der Waals surface area contributed by atoms with E-state index in [9.17, 15) is 0 Å². The minimum atomic E-state index is 0.334. The zero-order valence-corrected chi connectivity index (χ0v) is 11.9. The molecule has 4 heteroatoms. The molecule has 4 rings (SSSR count). The smallest absolute Gasteiger partial charge is 0.231 e. The Morgan fingerprint density at radius 3 is 3.05 bits per heavy atom. The Labute approximate surface area is 124 Å². The summed E-state index contributed by atoms with van der Waals surface area (Å²) < 4.78 is 10.8. The summed E-state index contributed by atoms with van der Waals surface area (Å²) in [6, 6.07) is 10.9. The zero-order chi connectivity index (χ0) is 14.1. The Kier molecular flexibility index (Phi) is 3.24. The molecular weight excluding hydrogens is 264 g/mol. The van der Waals surface area contributed by atoms with Crippen molar-refractivity contribution in [2.45, 2.75) is 25.4 Å². The van der Waals surface area contributed by atoms with E-state index in [0.717, 1.165) is 24.6 Å². The van der Waals surface area contributed by atoms with Gasteiger partial charge in [0.1, 0.15) is 0 Å². The van der Waals surface area contributed by atoms with Gasteiger partial charge in [-0.15, -0.1) is 0 Å². The predicted octanol–water partition coefficient (Wildman–Crippen LogP) is 3.15. The normalized spacial score (nSPS) is 20.9. The molecular formula is C17H18N2O2. The van der Waals surface area contributed by atoms with Gasteiger partial charge in [-0.3, -0.25) is 9.88 Å². The van der Waals surface area contributed by atoms with E-state index in [-0.39, 0.29) is 0 Å². The molecule has 0 aliphatic carbocycles. The summed E-state index contributed by atoms with van der Waals surface area (Å²) in [5.74, 6) is 1.72. The Morgan fingerprint density at radius 2 is 2.14 bits per heavy atom. The molecule has 2 aliphatic heterocycles. The fourth-order valence-corrected chi connectivity index (χ4v) is 3.24. The molecule has 1 aromatic carbocycles. The van der Waals surface area contributed by atoms with Crippen LogP contribution >= 0.6 is 0 Å². The number of hydrogen-bond donors (Lipinski definition) is 0. The second-order valence-electron chi connectivity index (χ2n) is 5.60. The summed E-state index contributed by atoms with van der Waals surface area (Å²) >= 11 is 0. The van der Waals surface area contributed by atoms with Crippen LogP contribution in [0.25, 0.3) is 0 Å². The van der Waals surface area contributed by atoms with Gasteiger partial charge in [-0.1, -0.05) is 12.1 Å². The second kappa shape index (κ2) is 5.37. The van der Waals surface area contributed by atoms with Crippen molar-refractivity contribution in [1.82, 2.24) is 9.88 Å². The van der Waals surface area contributed by atoms with Crippen LogP contribution in [0, 0.1) is 0 Å². The maximum Gasteiger partial charge on any atom is 0.231 e. The number of ether oxygens (including phenoxy) is 2. The molecule has 0 radical (unpaired) electrons. The van der Waals surface area contributed by atoms with Crippen LogP contribution in [0.15, 0.2) is 42.7 Å². The van der Waals surface area contributed by atoms with Crippen molar-refractivity contribution in [3.05, 3.63) is 53.9 Å². The third kappa shape index (κ3) is 2.47. The molecule has 0 amide bonds. The van der Waals surface area contributed by atoms with Gasteiger partial charge >= 0.3 is 0 Å². The van der Waals surface area contributed by atoms with Gasteiger partial charge in [-0.2, -0.15) is 0 Å². The molecule has 0 saturated carbocycles. The molecule has 1 saturated heterocycles. The summed E-state index contributed by atoms with van der Waals surface area (Å²) in [5.41, 5.74) is 2.59. The lowest BCUT2D eigenvalue weighted by Crippen LogP contribution is -2.22. The van der Waals surface area contributed by atoms with Gasteiger partial charge in [-0.05, 0) is 48.7 Å². The second-order valence-corrected chi connectivity index (χ2v) is 5.60. The van der Waals surface area contributed by atoms with Gasteiger partial charge in [0.2, 0.25) is 6.79 Å². The van der Waals surface area contributed by atoms with Crippen molar-refractivity contribution in [1.29, 1.82) is 0 Å². The first kappa shape index (κ1) is 12.7. The van der Waals surface area contributed by atoms with Gasteiger partial charge in [0.25, 0.3) is 0 Å². The molecule has 2 aliphatic rings. The molecule has 1 aromatic heterocycles. The van der Waals surface area contributed by atoms with Crippen molar-refractivity contribution in [2.75, 3.05) is 13.3 Å². The monoisotopic (exact) mass is 282 g/mol. The van der Waals surface area contributed by atoms with Crippen LogP contribution in [0.5, 0.6) is 11.5 Å². The highest BCUT2D eigenvalue weighted by molar-refractivity contribution is 5.44. The number of likely N-dealkylation sites (tertiary alicyclic amines) is 1. The van der Waals surface area contributed by atoms with Gasteiger partial charge in [0, 0.05) is 25.0 Å². The number of pyridine rings is 1. The fraction of sp³-hybridized carbons (Fsp3) is 0.353. The minimum absolute atomic E-state index is 0.334. The first-order valence-electron chi connectivity index (χ1n) is 7.43. The zero-order valence-electron chi connectivity index (χ0n) is 11.9. The maximum absolute atomic E-state index is 5.46. The lowest BCUT2D eigenvalue weighted by Gasteiger charge is -2.24. The molecule has 1 unspecified atom stereocenters. The van der Waals surface area contributed by atoms with E-state index in [4.69, 9.17) is 9.47 Å². The number of hydrogen-bond acceptors (Lipinski definition) is 4. The summed E-state index contributed by atoms with van der Waals surface area (Å²) in [6.07, 6.45) is 6.27. The summed E-state index contributed by atoms with van der Waals surface area (Å²) in [7, 11) is 0. The van der Waals surface area contributed by atoms with Crippen molar-refractivity contribution < 1.29 is 9.47 Å². The third-order valence-electron chi connectivity index (χ3n) is 4.26. The van der Waals surface area contributed by atoms with Crippen LogP contribution in [0.1, 0.15) is 30.0 Å². The average Bonchev–Trinajstić information content (AvgIpc) is 3.16. The van der Waals surface area contributed by atoms with Gasteiger partial charge in [0.15, 0.2) is 11.5 Å². The molecule has 1 atom stereocenters. The van der Waals surface area contributed by atoms with E-state index >= 15 is 0 Å². The van der Waals surface area contributed by atoms with Crippen molar-refractivity contribution in [3.63, 3.8) is 0 Å². The molecule has 4 nitrogen and oxygen atoms in total. The standard InChI is InChI=1S/C17H18N2O2/c1-3-14(10-18-7-1)15-4-2-8-19(15)11-13-5-6-16-17(9-13)21-12-20-16/h1,3,5-7,9-10,15H,2,4,8,11-12H2. The van der Waals surface area contributed by atoms with E-state index in [0.29, 0.717) is 12.8 Å². The largest absolute Gasteiger partial charge is 0.454 e. The Bertz CT molecular complexity index is 630. The quantitative estimate of drug-likeness (QED) is 0.866. The first-order valence-corrected chi connectivity index (χ1v) is 7.43. The van der Waals surface area contributed by atoms with Crippen LogP contribution in [0.2, 0.25) is 0 Å². The first-order chi connectivity index (χ1) is 10.4. The molecule has 0 bridgehead atoms. The van der Waals surface area contributed by atoms with E-state index < -0.39 is 0 Å². The van der Waals surface area contributed by atoms with Crippen LogP contribution < -0.4 is 9.47 Å². The number of rotatable bonds is 3. The average molecular weight is 282 g/mol. The van der Waals surface area contributed by atoms with E-state index in [1.54, 1.807) is 0 Å². The van der Waals surface area contributed by atoms with Crippen molar-refractivity contribution in [2.24, 2.45) is 0 Å². The maximum atomic E-state index is 5.46.